The second-order valence-corrected chi connectivity index (χ2v) is 11.7. The van der Waals surface area contributed by atoms with Crippen molar-refractivity contribution >= 4 is 99.6 Å². The van der Waals surface area contributed by atoms with Crippen LogP contribution in [0, 0.1) is 0 Å². The van der Waals surface area contributed by atoms with E-state index >= 15 is 0 Å². The van der Waals surface area contributed by atoms with E-state index in [1.54, 1.807) is 0 Å². The summed E-state index contributed by atoms with van der Waals surface area (Å²) in [6.45, 7) is 0. The zero-order valence-corrected chi connectivity index (χ0v) is 20.9. The third-order valence-electron chi connectivity index (χ3n) is 2.66. The number of hydrogen-bond donors (Lipinski definition) is 4. The van der Waals surface area contributed by atoms with Gasteiger partial charge in [0.15, 0.2) is 5.56 Å². The van der Waals surface area contributed by atoms with Crippen molar-refractivity contribution in [1.82, 2.24) is 0 Å². The van der Waals surface area contributed by atoms with Crippen LogP contribution >= 0.6 is 58.0 Å². The summed E-state index contributed by atoms with van der Waals surface area (Å²) >= 11 is 28.4. The van der Waals surface area contributed by atoms with Gasteiger partial charge in [-0.1, -0.05) is 64.5 Å². The Bertz CT molecular complexity index is 1140. The van der Waals surface area contributed by atoms with Crippen LogP contribution in [0.3, 0.4) is 0 Å². The summed E-state index contributed by atoms with van der Waals surface area (Å²) in [7, 11) is -25.8. The zero-order chi connectivity index (χ0) is 24.2. The largest absolute Gasteiger partial charge is 0.870 e. The van der Waals surface area contributed by atoms with Gasteiger partial charge in [-0.15, -0.1) is 33.7 Å². The van der Waals surface area contributed by atoms with Crippen LogP contribution < -0.4 is 0 Å². The molecule has 0 saturated heterocycles. The summed E-state index contributed by atoms with van der Waals surface area (Å²) in [6, 6.07) is 0. The van der Waals surface area contributed by atoms with Gasteiger partial charge < -0.3 is 11.0 Å². The molecule has 6 N–H and O–H groups in total. The predicted molar refractivity (Wildman–Crippen MR) is 106 cm³/mol. The lowest BCUT2D eigenvalue weighted by atomic mass is 10.2. The van der Waals surface area contributed by atoms with Crippen LogP contribution in [0.2, 0.25) is 25.1 Å². The zero-order valence-electron chi connectivity index (χ0n) is 13.9. The third-order valence-corrected chi connectivity index (χ3v) is 9.39. The average Bonchev–Trinajstić information content (AvgIpc) is 2.45. The summed E-state index contributed by atoms with van der Waals surface area (Å²) in [4.78, 5) is 0. The van der Waals surface area contributed by atoms with E-state index in [1.165, 1.54) is 0 Å². The highest BCUT2D eigenvalue weighted by atomic mass is 35.5. The van der Waals surface area contributed by atoms with Crippen LogP contribution in [0.5, 0.6) is 0 Å². The molecule has 0 unspecified atom stereocenters. The highest BCUT2D eigenvalue weighted by Gasteiger charge is 2.65. The normalized spacial score (nSPS) is 13.2. The first-order chi connectivity index (χ1) is 13.0. The summed E-state index contributed by atoms with van der Waals surface area (Å²) in [6.07, 6.45) is -3.84. The minimum absolute atomic E-state index is 0. The molecular weight excluding hydrogens is 646 g/mol. The molecular formula is C7H7Cl5O16S4. The van der Waals surface area contributed by atoms with Crippen LogP contribution in [0.15, 0.2) is 0 Å². The first-order valence-electron chi connectivity index (χ1n) is 5.94. The van der Waals surface area contributed by atoms with Gasteiger partial charge in [0.1, 0.15) is 0 Å². The van der Waals surface area contributed by atoms with Gasteiger partial charge in [0, 0.05) is 0 Å². The lowest BCUT2D eigenvalue weighted by Crippen LogP contribution is -2.42. The Morgan fingerprint density at radius 3 is 0.875 bits per heavy atom. The molecule has 0 heterocycles. The molecule has 0 saturated carbocycles. The quantitative estimate of drug-likeness (QED) is 0.108. The summed E-state index contributed by atoms with van der Waals surface area (Å²) in [5.74, 6) is 0. The van der Waals surface area contributed by atoms with Crippen LogP contribution in [0.25, 0.3) is 0 Å². The van der Waals surface area contributed by atoms with Crippen molar-refractivity contribution in [3.63, 3.8) is 0 Å². The van der Waals surface area contributed by atoms with E-state index in [0.29, 0.717) is 0 Å². The van der Waals surface area contributed by atoms with E-state index < -0.39 is 85.1 Å². The molecule has 0 fully saturated rings. The molecule has 0 radical (unpaired) electrons. The fourth-order valence-electron chi connectivity index (χ4n) is 1.74. The van der Waals surface area contributed by atoms with Crippen molar-refractivity contribution < 1.29 is 69.4 Å². The number of hydrogen-bond acceptors (Lipinski definition) is 10. The van der Waals surface area contributed by atoms with Crippen molar-refractivity contribution in [2.75, 3.05) is 0 Å². The molecule has 1 aromatic rings. The monoisotopic (exact) mass is 650 g/mol. The number of rotatable bonds is 7. The Labute approximate surface area is 204 Å². The molecule has 1 rings (SSSR count). The maximum atomic E-state index is 11.5. The third kappa shape index (κ3) is 7.08. The minimum atomic E-state index is -6.44. The fourth-order valence-corrected chi connectivity index (χ4v) is 6.60. The Morgan fingerprint density at radius 2 is 0.688 bits per heavy atom. The highest BCUT2D eigenvalue weighted by Crippen LogP contribution is 2.52. The van der Waals surface area contributed by atoms with Gasteiger partial charge in [-0.05, 0) is 0 Å². The molecule has 0 aliphatic heterocycles. The first-order valence-corrected chi connectivity index (χ1v) is 13.3. The van der Waals surface area contributed by atoms with E-state index in [-0.39, 0.29) is 11.0 Å². The van der Waals surface area contributed by atoms with E-state index in [1.807, 2.05) is 0 Å². The van der Waals surface area contributed by atoms with Gasteiger partial charge in [-0.3, -0.25) is 0 Å². The molecule has 0 spiro atoms. The van der Waals surface area contributed by atoms with Crippen LogP contribution in [0.4, 0.5) is 0 Å². The SMILES string of the molecule is O=S(=O)(O)[O+](C(c1c(Cl)c(Cl)c(Cl)c(Cl)c1Cl)[O+](S(=O)(=O)O)S(=O)(=O)O)S(=O)(=O)O.[OH-].[OH-]. The standard InChI is InChI=1S/C7H3Cl5O14S4.2H2O/c8-2-1(3(9)5(11)6(12)4(2)10)7(25(27(13,14)15)28(16,17)18)26(29(19,20)21)30(22,23)24;;/h7H,(H2-2,13,14,15,16,17,18,19,20,21,22,23,24);2*1H2. The number of halogens is 5. The van der Waals surface area contributed by atoms with Crippen LogP contribution in [-0.4, -0.2) is 62.8 Å². The van der Waals surface area contributed by atoms with E-state index in [4.69, 9.17) is 76.2 Å². The van der Waals surface area contributed by atoms with Crippen molar-refractivity contribution in [3.05, 3.63) is 30.7 Å². The van der Waals surface area contributed by atoms with E-state index in [9.17, 15) is 33.7 Å². The van der Waals surface area contributed by atoms with Crippen molar-refractivity contribution in [2.24, 2.45) is 0 Å². The van der Waals surface area contributed by atoms with Gasteiger partial charge in [-0.25, -0.2) is 18.2 Å². The maximum absolute atomic E-state index is 11.5. The molecule has 1 aromatic carbocycles. The van der Waals surface area contributed by atoms with Gasteiger partial charge in [0.05, 0.1) is 25.1 Å². The lowest BCUT2D eigenvalue weighted by Gasteiger charge is -2.22. The maximum Gasteiger partial charge on any atom is 0.553 e. The van der Waals surface area contributed by atoms with E-state index in [2.05, 4.69) is 0 Å². The van der Waals surface area contributed by atoms with Gasteiger partial charge in [-0.2, -0.15) is 0 Å². The Hall–Kier alpha value is 0.150. The van der Waals surface area contributed by atoms with Crippen molar-refractivity contribution in [2.45, 2.75) is 6.29 Å². The van der Waals surface area contributed by atoms with Gasteiger partial charge >= 0.3 is 47.9 Å². The van der Waals surface area contributed by atoms with Crippen molar-refractivity contribution in [3.8, 4) is 0 Å². The molecule has 0 aliphatic carbocycles. The highest BCUT2D eigenvalue weighted by molar-refractivity contribution is 7.96. The predicted octanol–water partition coefficient (Wildman–Crippen LogP) is 1.91. The molecule has 0 atom stereocenters. The Kier molecular flexibility index (Phi) is 11.6. The molecule has 190 valence electrons. The van der Waals surface area contributed by atoms with Crippen LogP contribution in [0.1, 0.15) is 11.9 Å². The lowest BCUT2D eigenvalue weighted by molar-refractivity contribution is -0.122. The second kappa shape index (κ2) is 10.8. The molecule has 25 heteroatoms. The van der Waals surface area contributed by atoms with E-state index in [0.717, 1.165) is 0 Å². The summed E-state index contributed by atoms with van der Waals surface area (Å²) in [5, 5.41) is -4.94. The average molecular weight is 653 g/mol. The fraction of sp³-hybridized carbons (Fsp3) is 0.143. The molecule has 32 heavy (non-hydrogen) atoms. The van der Waals surface area contributed by atoms with Crippen molar-refractivity contribution in [1.29, 1.82) is 0 Å². The molecule has 0 aromatic heterocycles. The summed E-state index contributed by atoms with van der Waals surface area (Å²) < 4.78 is 128. The first kappa shape index (κ1) is 34.3. The summed E-state index contributed by atoms with van der Waals surface area (Å²) in [5.41, 5.74) is -1.56. The Morgan fingerprint density at radius 1 is 0.500 bits per heavy atom. The van der Waals surface area contributed by atoms with Gasteiger partial charge in [0.2, 0.25) is 0 Å². The molecule has 0 amide bonds. The van der Waals surface area contributed by atoms with Crippen LogP contribution in [-0.2, 0) is 48.1 Å². The number of benzene rings is 1. The molecule has 0 aliphatic rings. The Balaban J connectivity index is 0. The van der Waals surface area contributed by atoms with Gasteiger partial charge in [0.25, 0.3) is 0 Å². The topological polar surface area (TPSA) is 283 Å². The molecule has 16 nitrogen and oxygen atoms in total. The minimum Gasteiger partial charge on any atom is -0.870 e. The second-order valence-electron chi connectivity index (χ2n) is 4.55. The smallest absolute Gasteiger partial charge is 0.553 e. The molecule has 0 bridgehead atoms.